The van der Waals surface area contributed by atoms with Gasteiger partial charge in [-0.1, -0.05) is 60.7 Å². The van der Waals surface area contributed by atoms with E-state index < -0.39 is 0 Å². The summed E-state index contributed by atoms with van der Waals surface area (Å²) >= 11 is 0. The lowest BCUT2D eigenvalue weighted by molar-refractivity contribution is 0.404. The first-order valence-corrected chi connectivity index (χ1v) is 8.33. The standard InChI is InChI=1S/C21H24N2O/c1-24-21-9-5-4-8-19(21)15-23-20(14-22)13-16-10-11-17-6-2-3-7-18(17)12-16/h2-12,20,23H,13-15,22H2,1H3. The fourth-order valence-corrected chi connectivity index (χ4v) is 2.99. The van der Waals surface area contributed by atoms with Crippen molar-refractivity contribution in [2.75, 3.05) is 13.7 Å². The minimum atomic E-state index is 0.232. The Morgan fingerprint density at radius 2 is 1.71 bits per heavy atom. The van der Waals surface area contributed by atoms with E-state index in [1.54, 1.807) is 7.11 Å². The molecule has 0 aliphatic heterocycles. The van der Waals surface area contributed by atoms with Crippen LogP contribution in [0.4, 0.5) is 0 Å². The summed E-state index contributed by atoms with van der Waals surface area (Å²) in [6.45, 7) is 1.35. The average molecular weight is 320 g/mol. The van der Waals surface area contributed by atoms with E-state index in [0.717, 1.165) is 24.3 Å². The molecule has 0 spiro atoms. The third-order valence-corrected chi connectivity index (χ3v) is 4.35. The van der Waals surface area contributed by atoms with Crippen LogP contribution < -0.4 is 15.8 Å². The van der Waals surface area contributed by atoms with Gasteiger partial charge in [-0.05, 0) is 28.8 Å². The summed E-state index contributed by atoms with van der Waals surface area (Å²) in [5.41, 5.74) is 8.43. The summed E-state index contributed by atoms with van der Waals surface area (Å²) < 4.78 is 5.41. The van der Waals surface area contributed by atoms with Gasteiger partial charge in [-0.3, -0.25) is 0 Å². The average Bonchev–Trinajstić information content (AvgIpc) is 2.65. The molecule has 0 aromatic heterocycles. The molecule has 0 saturated carbocycles. The van der Waals surface area contributed by atoms with Gasteiger partial charge in [0, 0.05) is 24.7 Å². The van der Waals surface area contributed by atoms with E-state index in [1.807, 2.05) is 18.2 Å². The largest absolute Gasteiger partial charge is 0.496 e. The molecule has 3 aromatic rings. The van der Waals surface area contributed by atoms with Crippen molar-refractivity contribution in [1.82, 2.24) is 5.32 Å². The van der Waals surface area contributed by atoms with Gasteiger partial charge in [0.15, 0.2) is 0 Å². The molecular formula is C21H24N2O. The number of rotatable bonds is 7. The van der Waals surface area contributed by atoms with E-state index in [1.165, 1.54) is 16.3 Å². The number of methoxy groups -OCH3 is 1. The maximum absolute atomic E-state index is 5.97. The maximum Gasteiger partial charge on any atom is 0.123 e. The molecule has 3 aromatic carbocycles. The third-order valence-electron chi connectivity index (χ3n) is 4.35. The topological polar surface area (TPSA) is 47.3 Å². The maximum atomic E-state index is 5.97. The Kier molecular flexibility index (Phi) is 5.47. The molecule has 0 bridgehead atoms. The van der Waals surface area contributed by atoms with Crippen molar-refractivity contribution < 1.29 is 4.74 Å². The molecule has 0 heterocycles. The van der Waals surface area contributed by atoms with Gasteiger partial charge >= 0.3 is 0 Å². The number of hydrogen-bond acceptors (Lipinski definition) is 3. The molecular weight excluding hydrogens is 296 g/mol. The van der Waals surface area contributed by atoms with Gasteiger partial charge < -0.3 is 15.8 Å². The zero-order valence-electron chi connectivity index (χ0n) is 14.0. The highest BCUT2D eigenvalue weighted by molar-refractivity contribution is 5.83. The molecule has 24 heavy (non-hydrogen) atoms. The lowest BCUT2D eigenvalue weighted by atomic mass is 10.0. The molecule has 124 valence electrons. The molecule has 0 amide bonds. The molecule has 1 unspecified atom stereocenters. The molecule has 0 aliphatic carbocycles. The van der Waals surface area contributed by atoms with Crippen LogP contribution in [0.1, 0.15) is 11.1 Å². The second kappa shape index (κ2) is 7.95. The number of para-hydroxylation sites is 1. The minimum absolute atomic E-state index is 0.232. The first kappa shape index (κ1) is 16.5. The Bertz CT molecular complexity index is 800. The number of benzene rings is 3. The van der Waals surface area contributed by atoms with Gasteiger partial charge in [-0.15, -0.1) is 0 Å². The molecule has 0 saturated heterocycles. The molecule has 3 N–H and O–H groups in total. The van der Waals surface area contributed by atoms with Crippen molar-refractivity contribution in [2.45, 2.75) is 19.0 Å². The number of nitrogens with two attached hydrogens (primary N) is 1. The summed E-state index contributed by atoms with van der Waals surface area (Å²) in [5, 5.41) is 6.10. The summed E-state index contributed by atoms with van der Waals surface area (Å²) in [7, 11) is 1.70. The van der Waals surface area contributed by atoms with Gasteiger partial charge in [-0.25, -0.2) is 0 Å². The normalized spacial score (nSPS) is 12.2. The van der Waals surface area contributed by atoms with E-state index in [4.69, 9.17) is 10.5 Å². The van der Waals surface area contributed by atoms with Crippen LogP contribution >= 0.6 is 0 Å². The van der Waals surface area contributed by atoms with E-state index in [9.17, 15) is 0 Å². The lowest BCUT2D eigenvalue weighted by Crippen LogP contribution is -2.37. The zero-order chi connectivity index (χ0) is 16.8. The van der Waals surface area contributed by atoms with Crippen LogP contribution in [-0.2, 0) is 13.0 Å². The third kappa shape index (κ3) is 3.94. The predicted octanol–water partition coefficient (Wildman–Crippen LogP) is 3.51. The van der Waals surface area contributed by atoms with Crippen molar-refractivity contribution in [2.24, 2.45) is 5.73 Å². The van der Waals surface area contributed by atoms with Crippen LogP contribution in [0, 0.1) is 0 Å². The highest BCUT2D eigenvalue weighted by Gasteiger charge is 2.09. The zero-order valence-corrected chi connectivity index (χ0v) is 14.0. The molecule has 3 heteroatoms. The molecule has 0 aliphatic rings. The monoisotopic (exact) mass is 320 g/mol. The van der Waals surface area contributed by atoms with Crippen molar-refractivity contribution in [3.8, 4) is 5.75 Å². The second-order valence-electron chi connectivity index (χ2n) is 6.01. The SMILES string of the molecule is COc1ccccc1CNC(CN)Cc1ccc2ccccc2c1. The highest BCUT2D eigenvalue weighted by Crippen LogP contribution is 2.18. The van der Waals surface area contributed by atoms with Crippen molar-refractivity contribution in [3.63, 3.8) is 0 Å². The summed E-state index contributed by atoms with van der Waals surface area (Å²) in [4.78, 5) is 0. The van der Waals surface area contributed by atoms with Gasteiger partial charge in [0.05, 0.1) is 7.11 Å². The summed E-state index contributed by atoms with van der Waals surface area (Å²) in [5.74, 6) is 0.909. The Balaban J connectivity index is 1.67. The first-order chi connectivity index (χ1) is 11.8. The molecule has 1 atom stereocenters. The molecule has 3 nitrogen and oxygen atoms in total. The number of ether oxygens (including phenoxy) is 1. The first-order valence-electron chi connectivity index (χ1n) is 8.33. The summed E-state index contributed by atoms with van der Waals surface area (Å²) in [6.07, 6.45) is 0.913. The molecule has 0 radical (unpaired) electrons. The number of nitrogens with one attached hydrogen (secondary N) is 1. The molecule has 3 rings (SSSR count). The quantitative estimate of drug-likeness (QED) is 0.700. The van der Waals surface area contributed by atoms with Crippen LogP contribution in [0.2, 0.25) is 0 Å². The Labute approximate surface area is 143 Å². The van der Waals surface area contributed by atoms with E-state index >= 15 is 0 Å². The lowest BCUT2D eigenvalue weighted by Gasteiger charge is -2.18. The fraction of sp³-hybridized carbons (Fsp3) is 0.238. The smallest absolute Gasteiger partial charge is 0.123 e. The van der Waals surface area contributed by atoms with E-state index in [-0.39, 0.29) is 6.04 Å². The predicted molar refractivity (Wildman–Crippen MR) is 100 cm³/mol. The van der Waals surface area contributed by atoms with Gasteiger partial charge in [0.25, 0.3) is 0 Å². The van der Waals surface area contributed by atoms with Crippen molar-refractivity contribution >= 4 is 10.8 Å². The van der Waals surface area contributed by atoms with Gasteiger partial charge in [0.1, 0.15) is 5.75 Å². The van der Waals surface area contributed by atoms with E-state index in [2.05, 4.69) is 53.8 Å². The van der Waals surface area contributed by atoms with Crippen molar-refractivity contribution in [1.29, 1.82) is 0 Å². The number of fused-ring (bicyclic) bond motifs is 1. The van der Waals surface area contributed by atoms with Crippen molar-refractivity contribution in [3.05, 3.63) is 77.9 Å². The van der Waals surface area contributed by atoms with Crippen LogP contribution in [0.3, 0.4) is 0 Å². The van der Waals surface area contributed by atoms with E-state index in [0.29, 0.717) is 6.54 Å². The van der Waals surface area contributed by atoms with Gasteiger partial charge in [0.2, 0.25) is 0 Å². The minimum Gasteiger partial charge on any atom is -0.496 e. The number of hydrogen-bond donors (Lipinski definition) is 2. The molecule has 0 fully saturated rings. The summed E-state index contributed by atoms with van der Waals surface area (Å²) in [6, 6.07) is 23.4. The van der Waals surface area contributed by atoms with Crippen LogP contribution in [0.25, 0.3) is 10.8 Å². The Hall–Kier alpha value is -2.36. The van der Waals surface area contributed by atoms with Crippen LogP contribution in [-0.4, -0.2) is 19.7 Å². The fourth-order valence-electron chi connectivity index (χ4n) is 2.99. The van der Waals surface area contributed by atoms with Crippen LogP contribution in [0.5, 0.6) is 5.75 Å². The Morgan fingerprint density at radius 3 is 2.50 bits per heavy atom. The Morgan fingerprint density at radius 1 is 0.958 bits per heavy atom. The highest BCUT2D eigenvalue weighted by atomic mass is 16.5. The van der Waals surface area contributed by atoms with Crippen LogP contribution in [0.15, 0.2) is 66.7 Å². The second-order valence-corrected chi connectivity index (χ2v) is 6.01. The van der Waals surface area contributed by atoms with Gasteiger partial charge in [-0.2, -0.15) is 0 Å².